The maximum Gasteiger partial charge on any atom is 0.407 e. The van der Waals surface area contributed by atoms with Gasteiger partial charge in [-0.25, -0.2) is 19.6 Å². The molecule has 3 aromatic carbocycles. The predicted molar refractivity (Wildman–Crippen MR) is 230 cm³/mol. The number of nitrogens with zero attached hydrogens (tertiary/aromatic N) is 4. The Kier molecular flexibility index (Phi) is 10.7. The van der Waals surface area contributed by atoms with Gasteiger partial charge in [-0.1, -0.05) is 68.4 Å². The van der Waals surface area contributed by atoms with E-state index in [0.717, 1.165) is 81.1 Å². The molecule has 3 aromatic heterocycles. The zero-order valence-electron chi connectivity index (χ0n) is 34.7. The largest absolute Gasteiger partial charge is 0.453 e. The minimum absolute atomic E-state index is 0.102. The number of ketones is 1. The average Bonchev–Trinajstić information content (AvgIpc) is 4.10. The Morgan fingerprint density at radius 3 is 2.23 bits per heavy atom. The minimum Gasteiger partial charge on any atom is -0.453 e. The van der Waals surface area contributed by atoms with Crippen molar-refractivity contribution in [2.45, 2.75) is 82.5 Å². The molecular weight excluding hydrogens is 773 g/mol. The molecular formula is C47H50N8O6. The number of H-pyrrole nitrogens is 2. The number of hydrogen-bond acceptors (Lipinski definition) is 8. The number of aryl methyl sites for hydroxylation is 1. The van der Waals surface area contributed by atoms with Crippen LogP contribution in [0.4, 0.5) is 9.59 Å². The van der Waals surface area contributed by atoms with E-state index in [1.165, 1.54) is 19.8 Å². The Hall–Kier alpha value is -6.70. The van der Waals surface area contributed by atoms with Gasteiger partial charge >= 0.3 is 12.2 Å². The summed E-state index contributed by atoms with van der Waals surface area (Å²) in [5.74, 6) is 0.817. The maximum atomic E-state index is 13.9. The Morgan fingerprint density at radius 2 is 1.52 bits per heavy atom. The molecule has 3 aliphatic rings. The molecule has 3 amide bonds. The minimum atomic E-state index is -0.687. The molecule has 314 valence electrons. The molecule has 0 saturated carbocycles. The van der Waals surface area contributed by atoms with E-state index in [4.69, 9.17) is 19.4 Å². The highest BCUT2D eigenvalue weighted by Crippen LogP contribution is 2.40. The zero-order chi connectivity index (χ0) is 42.4. The third-order valence-electron chi connectivity index (χ3n) is 12.7. The van der Waals surface area contributed by atoms with Crippen LogP contribution in [-0.4, -0.2) is 86.1 Å². The van der Waals surface area contributed by atoms with E-state index < -0.39 is 24.1 Å². The van der Waals surface area contributed by atoms with Crippen LogP contribution in [0.1, 0.15) is 80.3 Å². The highest BCUT2D eigenvalue weighted by Gasteiger charge is 2.42. The van der Waals surface area contributed by atoms with Crippen LogP contribution in [-0.2, 0) is 32.0 Å². The number of aromatic amines is 2. The van der Waals surface area contributed by atoms with Crippen molar-refractivity contribution < 1.29 is 28.7 Å². The number of nitrogens with one attached hydrogen (secondary N) is 4. The summed E-state index contributed by atoms with van der Waals surface area (Å²) in [6.07, 6.45) is 6.18. The van der Waals surface area contributed by atoms with Gasteiger partial charge in [0, 0.05) is 43.4 Å². The zero-order valence-corrected chi connectivity index (χ0v) is 34.7. The molecule has 1 fully saturated rings. The first-order valence-electron chi connectivity index (χ1n) is 21.0. The highest BCUT2D eigenvalue weighted by molar-refractivity contribution is 5.89. The van der Waals surface area contributed by atoms with E-state index in [0.29, 0.717) is 25.9 Å². The molecule has 5 atom stereocenters. The van der Waals surface area contributed by atoms with Gasteiger partial charge in [-0.05, 0) is 83.2 Å². The molecule has 0 spiro atoms. The number of methoxy groups -OCH3 is 2. The van der Waals surface area contributed by atoms with Crippen LogP contribution in [0.5, 0.6) is 0 Å². The maximum absolute atomic E-state index is 13.9. The summed E-state index contributed by atoms with van der Waals surface area (Å²) < 4.78 is 11.8. The van der Waals surface area contributed by atoms with E-state index in [9.17, 15) is 19.2 Å². The van der Waals surface area contributed by atoms with Crippen LogP contribution in [0.3, 0.4) is 0 Å². The molecule has 14 nitrogen and oxygen atoms in total. The van der Waals surface area contributed by atoms with Crippen LogP contribution in [0, 0.1) is 5.92 Å². The Bertz CT molecular complexity index is 2610. The van der Waals surface area contributed by atoms with Gasteiger partial charge in [-0.3, -0.25) is 9.59 Å². The van der Waals surface area contributed by atoms with Crippen molar-refractivity contribution >= 4 is 34.9 Å². The molecule has 0 bridgehead atoms. The van der Waals surface area contributed by atoms with Gasteiger partial charge in [-0.2, -0.15) is 0 Å². The van der Waals surface area contributed by atoms with Crippen LogP contribution in [0.2, 0.25) is 0 Å². The number of amides is 3. The molecule has 1 saturated heterocycles. The Balaban J connectivity index is 0.874. The molecule has 14 heteroatoms. The molecule has 9 rings (SSSR count). The number of imidazole rings is 2. The quantitative estimate of drug-likeness (QED) is 0.115. The fraction of sp³-hybridized carbons (Fsp3) is 0.362. The number of Topliss-reactive ketones (excluding diaryl/α,β-unsaturated/α-hetero) is 1. The molecule has 1 aliphatic carbocycles. The molecule has 2 aliphatic heterocycles. The van der Waals surface area contributed by atoms with Crippen molar-refractivity contribution in [1.82, 2.24) is 40.0 Å². The number of carbonyl (C=O) groups excluding carboxylic acids is 4. The number of hydrogen-bond donors (Lipinski definition) is 4. The van der Waals surface area contributed by atoms with Gasteiger partial charge < -0.3 is 39.5 Å². The molecule has 5 heterocycles. The summed E-state index contributed by atoms with van der Waals surface area (Å²) >= 11 is 0. The van der Waals surface area contributed by atoms with Crippen molar-refractivity contribution in [3.63, 3.8) is 0 Å². The van der Waals surface area contributed by atoms with E-state index in [-0.39, 0.29) is 35.6 Å². The molecule has 61 heavy (non-hydrogen) atoms. The van der Waals surface area contributed by atoms with E-state index in [2.05, 4.69) is 98.1 Å². The monoisotopic (exact) mass is 822 g/mol. The van der Waals surface area contributed by atoms with E-state index >= 15 is 0 Å². The lowest BCUT2D eigenvalue weighted by molar-refractivity contribution is -0.135. The second-order valence-electron chi connectivity index (χ2n) is 16.7. The number of rotatable bonds is 9. The fourth-order valence-corrected chi connectivity index (χ4v) is 9.49. The number of benzene rings is 3. The lowest BCUT2D eigenvalue weighted by Crippen LogP contribution is -2.51. The number of fused-ring (bicyclic) bond motifs is 1. The number of aromatic nitrogens is 5. The average molecular weight is 823 g/mol. The first-order chi connectivity index (χ1) is 29.6. The van der Waals surface area contributed by atoms with Crippen molar-refractivity contribution in [2.24, 2.45) is 5.92 Å². The van der Waals surface area contributed by atoms with E-state index in [1.807, 2.05) is 31.0 Å². The van der Waals surface area contributed by atoms with Crippen LogP contribution < -0.4 is 10.6 Å². The van der Waals surface area contributed by atoms with Crippen LogP contribution in [0.25, 0.3) is 44.5 Å². The van der Waals surface area contributed by atoms with Gasteiger partial charge in [0.05, 0.1) is 49.1 Å². The third-order valence-corrected chi connectivity index (χ3v) is 12.7. The van der Waals surface area contributed by atoms with Crippen molar-refractivity contribution in [1.29, 1.82) is 0 Å². The van der Waals surface area contributed by atoms with Gasteiger partial charge in [-0.15, -0.1) is 0 Å². The van der Waals surface area contributed by atoms with Crippen LogP contribution >= 0.6 is 0 Å². The predicted octanol–water partition coefficient (Wildman–Crippen LogP) is 7.64. The van der Waals surface area contributed by atoms with Gasteiger partial charge in [0.2, 0.25) is 5.91 Å². The van der Waals surface area contributed by atoms with Gasteiger partial charge in [0.25, 0.3) is 0 Å². The van der Waals surface area contributed by atoms with Gasteiger partial charge in [0.15, 0.2) is 0 Å². The lowest BCUT2D eigenvalue weighted by Gasteiger charge is -2.31. The standard InChI is InChI=1S/C47H50N8O6/c1-26(2)41(53-47(59)61-4)45(57)55-20-5-6-38(55)44-48-24-37(51-44)30-13-11-28(12-14-30)27-7-9-29(10-8-27)32-16-17-34-36(22-32)50-43(49-34)33-23-39(56)40-35(52-46(58)60-3)18-15-31-19-21-54(25-33)42(31)40/h7-14,16-17,19,21-22,24,26,33,35,38,40-41H,5-6,15,18,20,23,25H2,1-4H3,(H,48,51)(H,49,50)(H,52,58)(H,53,59)/t33-,35-,38-,40?,41-/m0/s1. The van der Waals surface area contributed by atoms with E-state index in [1.54, 1.807) is 0 Å². The van der Waals surface area contributed by atoms with Crippen molar-refractivity contribution in [3.05, 3.63) is 108 Å². The van der Waals surface area contributed by atoms with Gasteiger partial charge in [0.1, 0.15) is 23.5 Å². The number of alkyl carbamates (subject to hydrolysis) is 2. The van der Waals surface area contributed by atoms with Crippen molar-refractivity contribution in [2.75, 3.05) is 20.8 Å². The number of ether oxygens (including phenoxy) is 2. The summed E-state index contributed by atoms with van der Waals surface area (Å²) in [5.41, 5.74) is 10.1. The fourth-order valence-electron chi connectivity index (χ4n) is 9.49. The lowest BCUT2D eigenvalue weighted by atomic mass is 9.79. The first kappa shape index (κ1) is 39.7. The second kappa shape index (κ2) is 16.4. The third kappa shape index (κ3) is 7.66. The molecule has 0 radical (unpaired) electrons. The van der Waals surface area contributed by atoms with Crippen molar-refractivity contribution in [3.8, 4) is 33.5 Å². The summed E-state index contributed by atoms with van der Waals surface area (Å²) in [5, 5.41) is 5.62. The summed E-state index contributed by atoms with van der Waals surface area (Å²) in [4.78, 5) is 70.1. The smallest absolute Gasteiger partial charge is 0.407 e. The Labute approximate surface area is 353 Å². The number of likely N-dealkylation sites (tertiary alicyclic amines) is 1. The second-order valence-corrected chi connectivity index (χ2v) is 16.7. The molecule has 6 aromatic rings. The summed E-state index contributed by atoms with van der Waals surface area (Å²) in [7, 11) is 2.64. The number of carbonyl (C=O) groups is 4. The topological polar surface area (TPSA) is 176 Å². The summed E-state index contributed by atoms with van der Waals surface area (Å²) in [6.45, 7) is 5.03. The summed E-state index contributed by atoms with van der Waals surface area (Å²) in [6, 6.07) is 23.9. The highest BCUT2D eigenvalue weighted by atomic mass is 16.5. The van der Waals surface area contributed by atoms with Crippen LogP contribution in [0.15, 0.2) is 85.2 Å². The Morgan fingerprint density at radius 1 is 0.836 bits per heavy atom. The normalized spacial score (nSPS) is 20.3. The SMILES string of the molecule is COC(=O)N[C@H]1CCc2ccn3c2C1C(=O)C[C@H](c1nc2ccc(-c4ccc(-c5ccc(-c6cnc([C@@H]7CCCN7C(=O)[C@@H](NC(=O)OC)C(C)C)[nH]6)cc5)cc4)cc2[nH]1)C3. The molecule has 4 N–H and O–H groups in total. The first-order valence-corrected chi connectivity index (χ1v) is 21.0. The molecule has 1 unspecified atom stereocenters.